The van der Waals surface area contributed by atoms with Crippen molar-refractivity contribution in [2.24, 2.45) is 0 Å². The van der Waals surface area contributed by atoms with Crippen molar-refractivity contribution < 1.29 is 0 Å². The van der Waals surface area contributed by atoms with Crippen molar-refractivity contribution in [2.75, 3.05) is 0 Å². The summed E-state index contributed by atoms with van der Waals surface area (Å²) in [6.07, 6.45) is 1.94. The van der Waals surface area contributed by atoms with Crippen LogP contribution in [-0.4, -0.2) is 14.6 Å². The highest BCUT2D eigenvalue weighted by Crippen LogP contribution is 2.22. The molecule has 0 spiro atoms. The molecule has 0 amide bonds. The topological polar surface area (TPSA) is 30.2 Å². The average Bonchev–Trinajstić information content (AvgIpc) is 2.82. The summed E-state index contributed by atoms with van der Waals surface area (Å²) in [4.78, 5) is 5.52. The number of hydrogen-bond donors (Lipinski definition) is 0. The van der Waals surface area contributed by atoms with E-state index in [0.29, 0.717) is 0 Å². The second-order valence-corrected chi connectivity index (χ2v) is 4.33. The van der Waals surface area contributed by atoms with Gasteiger partial charge in [0.15, 0.2) is 5.65 Å². The minimum Gasteiger partial charge on any atom is -0.232 e. The zero-order valence-corrected chi connectivity index (χ0v) is 9.03. The summed E-state index contributed by atoms with van der Waals surface area (Å²) in [5.41, 5.74) is 2.88. The Hall–Kier alpha value is -1.68. The number of nitrogens with zero attached hydrogens (tertiary/aromatic N) is 3. The van der Waals surface area contributed by atoms with Crippen LogP contribution in [0.4, 0.5) is 0 Å². The molecule has 0 aromatic carbocycles. The monoisotopic (exact) mass is 215 g/mol. The van der Waals surface area contributed by atoms with Crippen LogP contribution in [0.15, 0.2) is 35.8 Å². The molecule has 0 atom stereocenters. The number of thiophene rings is 1. The van der Waals surface area contributed by atoms with E-state index in [1.807, 2.05) is 35.8 Å². The molecule has 0 aliphatic rings. The maximum absolute atomic E-state index is 4.50. The molecule has 0 N–H and O–H groups in total. The number of imidazole rings is 1. The predicted molar refractivity (Wildman–Crippen MR) is 61.0 cm³/mol. The van der Waals surface area contributed by atoms with Gasteiger partial charge in [0.25, 0.3) is 0 Å². The maximum Gasteiger partial charge on any atom is 0.153 e. The first-order chi connectivity index (χ1) is 7.33. The van der Waals surface area contributed by atoms with Crippen LogP contribution in [0, 0.1) is 6.92 Å². The summed E-state index contributed by atoms with van der Waals surface area (Å²) in [5.74, 6) is 0. The zero-order chi connectivity index (χ0) is 10.3. The van der Waals surface area contributed by atoms with Crippen LogP contribution in [0.5, 0.6) is 0 Å². The van der Waals surface area contributed by atoms with Crippen molar-refractivity contribution in [2.45, 2.75) is 6.92 Å². The normalized spacial score (nSPS) is 11.0. The van der Waals surface area contributed by atoms with E-state index < -0.39 is 0 Å². The lowest BCUT2D eigenvalue weighted by atomic mass is 10.3. The van der Waals surface area contributed by atoms with E-state index in [9.17, 15) is 0 Å². The van der Waals surface area contributed by atoms with Crippen LogP contribution in [0.25, 0.3) is 16.2 Å². The fraction of sp³-hybridized carbons (Fsp3) is 0.0909. The maximum atomic E-state index is 4.50. The second-order valence-electron chi connectivity index (χ2n) is 3.38. The van der Waals surface area contributed by atoms with Gasteiger partial charge in [0, 0.05) is 0 Å². The summed E-state index contributed by atoms with van der Waals surface area (Å²) in [5, 5.41) is 6.56. The largest absolute Gasteiger partial charge is 0.232 e. The Bertz CT molecular complexity index is 595. The SMILES string of the molecule is Cc1cn2nc(-c3cccs3)ccc2n1. The lowest BCUT2D eigenvalue weighted by Crippen LogP contribution is -1.91. The number of rotatable bonds is 1. The van der Waals surface area contributed by atoms with Crippen LogP contribution in [0.3, 0.4) is 0 Å². The molecular formula is C11H9N3S. The summed E-state index contributed by atoms with van der Waals surface area (Å²) in [6, 6.07) is 8.11. The molecule has 15 heavy (non-hydrogen) atoms. The molecule has 74 valence electrons. The van der Waals surface area contributed by atoms with E-state index in [1.54, 1.807) is 11.3 Å². The lowest BCUT2D eigenvalue weighted by Gasteiger charge is -1.96. The van der Waals surface area contributed by atoms with Crippen LogP contribution in [-0.2, 0) is 0 Å². The Kier molecular flexibility index (Phi) is 1.82. The van der Waals surface area contributed by atoms with Gasteiger partial charge in [-0.05, 0) is 30.5 Å². The molecule has 0 unspecified atom stereocenters. The average molecular weight is 215 g/mol. The fourth-order valence-electron chi connectivity index (χ4n) is 1.56. The first kappa shape index (κ1) is 8.61. The van der Waals surface area contributed by atoms with E-state index in [0.717, 1.165) is 17.0 Å². The molecular weight excluding hydrogens is 206 g/mol. The van der Waals surface area contributed by atoms with E-state index in [-0.39, 0.29) is 0 Å². The minimum absolute atomic E-state index is 0.896. The van der Waals surface area contributed by atoms with Gasteiger partial charge in [-0.2, -0.15) is 5.10 Å². The molecule has 0 fully saturated rings. The summed E-state index contributed by atoms with van der Waals surface area (Å²) < 4.78 is 1.82. The third-order valence-corrected chi connectivity index (χ3v) is 3.11. The minimum atomic E-state index is 0.896. The third-order valence-electron chi connectivity index (χ3n) is 2.21. The van der Waals surface area contributed by atoms with Crippen molar-refractivity contribution in [1.82, 2.24) is 14.6 Å². The molecule has 3 aromatic heterocycles. The number of hydrogen-bond acceptors (Lipinski definition) is 3. The number of fused-ring (bicyclic) bond motifs is 1. The van der Waals surface area contributed by atoms with Crippen molar-refractivity contribution in [3.05, 3.63) is 41.5 Å². The molecule has 0 aliphatic carbocycles. The van der Waals surface area contributed by atoms with Crippen LogP contribution in [0.1, 0.15) is 5.69 Å². The molecule has 0 saturated carbocycles. The van der Waals surface area contributed by atoms with E-state index in [4.69, 9.17) is 0 Å². The van der Waals surface area contributed by atoms with Crippen molar-refractivity contribution in [3.8, 4) is 10.6 Å². The van der Waals surface area contributed by atoms with Gasteiger partial charge in [0.05, 0.1) is 16.8 Å². The smallest absolute Gasteiger partial charge is 0.153 e. The Labute approximate surface area is 91.0 Å². The van der Waals surface area contributed by atoms with Gasteiger partial charge in [-0.3, -0.25) is 0 Å². The third kappa shape index (κ3) is 1.43. The van der Waals surface area contributed by atoms with Crippen LogP contribution >= 0.6 is 11.3 Å². The van der Waals surface area contributed by atoms with Gasteiger partial charge < -0.3 is 0 Å². The van der Waals surface area contributed by atoms with Gasteiger partial charge in [0.2, 0.25) is 0 Å². The molecule has 3 nitrogen and oxygen atoms in total. The first-order valence-corrected chi connectivity index (χ1v) is 5.58. The van der Waals surface area contributed by atoms with Crippen molar-refractivity contribution >= 4 is 17.0 Å². The highest BCUT2D eigenvalue weighted by Gasteiger charge is 2.03. The standard InChI is InChI=1S/C11H9N3S/c1-8-7-14-11(12-8)5-4-9(13-14)10-3-2-6-15-10/h2-7H,1H3. The summed E-state index contributed by atoms with van der Waals surface area (Å²) in [7, 11) is 0. The van der Waals surface area contributed by atoms with Crippen LogP contribution in [0.2, 0.25) is 0 Å². The van der Waals surface area contributed by atoms with E-state index >= 15 is 0 Å². The van der Waals surface area contributed by atoms with Gasteiger partial charge in [-0.15, -0.1) is 11.3 Å². The van der Waals surface area contributed by atoms with Gasteiger partial charge in [-0.1, -0.05) is 6.07 Å². The first-order valence-electron chi connectivity index (χ1n) is 4.70. The highest BCUT2D eigenvalue weighted by atomic mass is 32.1. The van der Waals surface area contributed by atoms with Crippen molar-refractivity contribution in [3.63, 3.8) is 0 Å². The quantitative estimate of drug-likeness (QED) is 0.624. The summed E-state index contributed by atoms with van der Waals surface area (Å²) >= 11 is 1.70. The molecule has 4 heteroatoms. The number of aromatic nitrogens is 3. The molecule has 0 bridgehead atoms. The van der Waals surface area contributed by atoms with Gasteiger partial charge >= 0.3 is 0 Å². The Morgan fingerprint density at radius 3 is 3.00 bits per heavy atom. The molecule has 3 rings (SSSR count). The van der Waals surface area contributed by atoms with Gasteiger partial charge in [0.1, 0.15) is 5.69 Å². The van der Waals surface area contributed by atoms with E-state index in [2.05, 4.69) is 21.5 Å². The summed E-state index contributed by atoms with van der Waals surface area (Å²) in [6.45, 7) is 1.97. The second kappa shape index (κ2) is 3.17. The molecule has 3 heterocycles. The zero-order valence-electron chi connectivity index (χ0n) is 8.21. The Morgan fingerprint density at radius 1 is 1.27 bits per heavy atom. The fourth-order valence-corrected chi connectivity index (χ4v) is 2.25. The predicted octanol–water partition coefficient (Wildman–Crippen LogP) is 2.77. The van der Waals surface area contributed by atoms with Gasteiger partial charge in [-0.25, -0.2) is 9.50 Å². The molecule has 3 aromatic rings. The molecule has 0 aliphatic heterocycles. The number of aryl methyl sites for hydroxylation is 1. The van der Waals surface area contributed by atoms with Crippen LogP contribution < -0.4 is 0 Å². The highest BCUT2D eigenvalue weighted by molar-refractivity contribution is 7.13. The van der Waals surface area contributed by atoms with E-state index in [1.165, 1.54) is 4.88 Å². The van der Waals surface area contributed by atoms with Crippen molar-refractivity contribution in [1.29, 1.82) is 0 Å². The molecule has 0 saturated heterocycles. The molecule has 0 radical (unpaired) electrons. The Morgan fingerprint density at radius 2 is 2.20 bits per heavy atom. The lowest BCUT2D eigenvalue weighted by molar-refractivity contribution is 0.943. The Balaban J connectivity index is 2.21.